The van der Waals surface area contributed by atoms with Crippen molar-refractivity contribution in [3.8, 4) is 0 Å². The quantitative estimate of drug-likeness (QED) is 0.698. The molecule has 3 N–H and O–H groups in total. The summed E-state index contributed by atoms with van der Waals surface area (Å²) >= 11 is 5.50. The van der Waals surface area contributed by atoms with E-state index in [-0.39, 0.29) is 5.70 Å². The summed E-state index contributed by atoms with van der Waals surface area (Å²) in [7, 11) is 0. The molecule has 0 fully saturated rings. The van der Waals surface area contributed by atoms with Crippen molar-refractivity contribution in [2.75, 3.05) is 5.32 Å². The number of aromatic nitrogens is 1. The number of halogens is 4. The Morgan fingerprint density at radius 1 is 1.45 bits per heavy atom. The van der Waals surface area contributed by atoms with E-state index in [2.05, 4.69) is 15.6 Å². The third-order valence-corrected chi connectivity index (χ3v) is 2.61. The van der Waals surface area contributed by atoms with E-state index in [9.17, 15) is 18.0 Å². The Kier molecular flexibility index (Phi) is 6.36. The summed E-state index contributed by atoms with van der Waals surface area (Å²) in [5, 5.41) is 11.7. The minimum absolute atomic E-state index is 0.129. The van der Waals surface area contributed by atoms with E-state index >= 15 is 0 Å². The molecule has 9 heteroatoms. The number of carbonyl (C=O) groups is 1. The highest BCUT2D eigenvalue weighted by Gasteiger charge is 2.28. The molecule has 1 amide bonds. The highest BCUT2D eigenvalue weighted by atomic mass is 35.5. The van der Waals surface area contributed by atoms with Crippen LogP contribution in [0.25, 0.3) is 0 Å². The maximum absolute atomic E-state index is 12.0. The van der Waals surface area contributed by atoms with E-state index in [4.69, 9.17) is 17.0 Å². The van der Waals surface area contributed by atoms with Gasteiger partial charge in [0.25, 0.3) is 0 Å². The van der Waals surface area contributed by atoms with Crippen LogP contribution in [0.2, 0.25) is 0 Å². The summed E-state index contributed by atoms with van der Waals surface area (Å²) in [6.45, 7) is 1.82. The van der Waals surface area contributed by atoms with Gasteiger partial charge in [0.15, 0.2) is 0 Å². The average molecular weight is 335 g/mol. The van der Waals surface area contributed by atoms with Crippen LogP contribution in [0.4, 0.5) is 18.9 Å². The number of hydrogen-bond donors (Lipinski definition) is 3. The van der Waals surface area contributed by atoms with Gasteiger partial charge in [-0.3, -0.25) is 15.2 Å². The molecule has 0 aliphatic rings. The number of hydrogen-bond acceptors (Lipinski definition) is 4. The SMILES string of the molecule is Cc1cncc(N/C=C(/NC(=O)CCC(F)(F)F)C(=N)Cl)c1. The second-order valence-corrected chi connectivity index (χ2v) is 4.81. The number of aryl methyl sites for hydroxylation is 1. The van der Waals surface area contributed by atoms with Gasteiger partial charge in [-0.1, -0.05) is 11.6 Å². The van der Waals surface area contributed by atoms with E-state index in [1.54, 1.807) is 12.3 Å². The summed E-state index contributed by atoms with van der Waals surface area (Å²) in [6, 6.07) is 1.75. The molecule has 1 aromatic heterocycles. The second-order valence-electron chi connectivity index (χ2n) is 4.43. The number of pyridine rings is 1. The smallest absolute Gasteiger partial charge is 0.358 e. The first kappa shape index (κ1) is 18.0. The molecular formula is C13H14ClF3N4O. The maximum atomic E-state index is 12.0. The van der Waals surface area contributed by atoms with Crippen molar-refractivity contribution in [2.24, 2.45) is 0 Å². The minimum atomic E-state index is -4.42. The van der Waals surface area contributed by atoms with E-state index in [0.717, 1.165) is 5.56 Å². The molecule has 0 aliphatic heterocycles. The molecule has 5 nitrogen and oxygen atoms in total. The van der Waals surface area contributed by atoms with Crippen molar-refractivity contribution in [1.29, 1.82) is 5.41 Å². The maximum Gasteiger partial charge on any atom is 0.389 e. The Labute approximate surface area is 130 Å². The van der Waals surface area contributed by atoms with Crippen LogP contribution in [-0.2, 0) is 4.79 Å². The fraction of sp³-hybridized carbons (Fsp3) is 0.308. The van der Waals surface area contributed by atoms with Gasteiger partial charge < -0.3 is 10.6 Å². The Balaban J connectivity index is 2.67. The van der Waals surface area contributed by atoms with Crippen molar-refractivity contribution in [1.82, 2.24) is 10.3 Å². The molecule has 1 aromatic rings. The van der Waals surface area contributed by atoms with Gasteiger partial charge in [0.2, 0.25) is 5.91 Å². The van der Waals surface area contributed by atoms with Crippen molar-refractivity contribution in [3.63, 3.8) is 0 Å². The Morgan fingerprint density at radius 3 is 2.68 bits per heavy atom. The minimum Gasteiger partial charge on any atom is -0.358 e. The zero-order valence-corrected chi connectivity index (χ0v) is 12.3. The third kappa shape index (κ3) is 7.07. The van der Waals surface area contributed by atoms with E-state index in [1.807, 2.05) is 6.92 Å². The monoisotopic (exact) mass is 334 g/mol. The van der Waals surface area contributed by atoms with Crippen LogP contribution < -0.4 is 10.6 Å². The summed E-state index contributed by atoms with van der Waals surface area (Å²) in [5.41, 5.74) is 1.34. The molecule has 120 valence electrons. The van der Waals surface area contributed by atoms with E-state index in [0.29, 0.717) is 5.69 Å². The topological polar surface area (TPSA) is 77.9 Å². The molecule has 0 aromatic carbocycles. The second kappa shape index (κ2) is 7.79. The molecule has 22 heavy (non-hydrogen) atoms. The number of alkyl halides is 3. The summed E-state index contributed by atoms with van der Waals surface area (Å²) < 4.78 is 36.1. The largest absolute Gasteiger partial charge is 0.389 e. The number of amides is 1. The summed E-state index contributed by atoms with van der Waals surface area (Å²) in [6.07, 6.45) is -2.03. The highest BCUT2D eigenvalue weighted by Crippen LogP contribution is 2.21. The van der Waals surface area contributed by atoms with Crippen molar-refractivity contribution in [2.45, 2.75) is 25.9 Å². The molecular weight excluding hydrogens is 321 g/mol. The summed E-state index contributed by atoms with van der Waals surface area (Å²) in [5.74, 6) is -0.877. The van der Waals surface area contributed by atoms with Gasteiger partial charge in [0.05, 0.1) is 24.0 Å². The molecule has 1 rings (SSSR count). The first-order chi connectivity index (χ1) is 10.2. The first-order valence-electron chi connectivity index (χ1n) is 6.17. The van der Waals surface area contributed by atoms with Crippen LogP contribution in [0.3, 0.4) is 0 Å². The average Bonchev–Trinajstić information content (AvgIpc) is 2.40. The van der Waals surface area contributed by atoms with Gasteiger partial charge in [-0.25, -0.2) is 0 Å². The zero-order chi connectivity index (χ0) is 16.8. The van der Waals surface area contributed by atoms with E-state index in [1.165, 1.54) is 12.4 Å². The number of allylic oxidation sites excluding steroid dienone is 1. The molecule has 0 spiro atoms. The van der Waals surface area contributed by atoms with Crippen molar-refractivity contribution in [3.05, 3.63) is 35.9 Å². The van der Waals surface area contributed by atoms with Crippen molar-refractivity contribution >= 4 is 28.4 Å². The lowest BCUT2D eigenvalue weighted by Crippen LogP contribution is -2.27. The van der Waals surface area contributed by atoms with Crippen LogP contribution in [-0.4, -0.2) is 22.2 Å². The normalized spacial score (nSPS) is 12.0. The molecule has 0 aliphatic carbocycles. The van der Waals surface area contributed by atoms with E-state index < -0.39 is 30.1 Å². The van der Waals surface area contributed by atoms with Crippen LogP contribution in [0.5, 0.6) is 0 Å². The third-order valence-electron chi connectivity index (χ3n) is 2.40. The molecule has 0 radical (unpaired) electrons. The first-order valence-corrected chi connectivity index (χ1v) is 6.54. The van der Waals surface area contributed by atoms with Crippen molar-refractivity contribution < 1.29 is 18.0 Å². The van der Waals surface area contributed by atoms with Gasteiger partial charge in [-0.05, 0) is 18.6 Å². The number of nitrogens with one attached hydrogen (secondary N) is 3. The van der Waals surface area contributed by atoms with Gasteiger partial charge in [-0.15, -0.1) is 0 Å². The lowest BCUT2D eigenvalue weighted by Gasteiger charge is -2.10. The highest BCUT2D eigenvalue weighted by molar-refractivity contribution is 6.68. The van der Waals surface area contributed by atoms with Crippen LogP contribution in [0.15, 0.2) is 30.4 Å². The number of nitrogens with zero attached hydrogens (tertiary/aromatic N) is 1. The van der Waals surface area contributed by atoms with Gasteiger partial charge in [0, 0.05) is 18.8 Å². The Hall–Kier alpha value is -2.09. The molecule has 0 unspecified atom stereocenters. The number of anilines is 1. The Bertz CT molecular complexity index is 587. The lowest BCUT2D eigenvalue weighted by molar-refractivity contribution is -0.143. The predicted molar refractivity (Wildman–Crippen MR) is 77.7 cm³/mol. The molecule has 1 heterocycles. The fourth-order valence-corrected chi connectivity index (χ4v) is 1.51. The molecule has 0 atom stereocenters. The van der Waals surface area contributed by atoms with Gasteiger partial charge in [0.1, 0.15) is 5.17 Å². The van der Waals surface area contributed by atoms with Crippen LogP contribution >= 0.6 is 11.6 Å². The van der Waals surface area contributed by atoms with Gasteiger partial charge >= 0.3 is 6.18 Å². The Morgan fingerprint density at radius 2 is 2.14 bits per heavy atom. The standard InChI is InChI=1S/C13H14ClF3N4O/c1-8-4-9(6-19-5-8)20-7-10(12(14)18)21-11(22)2-3-13(15,16)17/h4-7,18,20H,2-3H2,1H3,(H,21,22)/b10-7+,18-12?. The molecule has 0 saturated heterocycles. The molecule has 0 bridgehead atoms. The van der Waals surface area contributed by atoms with Crippen LogP contribution in [0, 0.1) is 12.3 Å². The molecule has 0 saturated carbocycles. The summed E-state index contributed by atoms with van der Waals surface area (Å²) in [4.78, 5) is 15.4. The zero-order valence-electron chi connectivity index (χ0n) is 11.6. The lowest BCUT2D eigenvalue weighted by atomic mass is 10.3. The number of carbonyl (C=O) groups excluding carboxylic acids is 1. The fourth-order valence-electron chi connectivity index (χ4n) is 1.41. The number of rotatable bonds is 6. The predicted octanol–water partition coefficient (Wildman–Crippen LogP) is 3.32. The van der Waals surface area contributed by atoms with Gasteiger partial charge in [-0.2, -0.15) is 13.2 Å². The van der Waals surface area contributed by atoms with Crippen LogP contribution in [0.1, 0.15) is 18.4 Å².